The molecule has 1 heterocycles. The molecule has 0 fully saturated rings. The van der Waals surface area contributed by atoms with Gasteiger partial charge in [-0.05, 0) is 68.0 Å². The topological polar surface area (TPSA) is 93.4 Å². The lowest BCUT2D eigenvalue weighted by atomic mass is 9.88. The molecule has 0 aliphatic heterocycles. The van der Waals surface area contributed by atoms with Crippen molar-refractivity contribution in [1.82, 2.24) is 9.88 Å². The lowest BCUT2D eigenvalue weighted by Gasteiger charge is -2.19. The zero-order valence-corrected chi connectivity index (χ0v) is 21.4. The van der Waals surface area contributed by atoms with Gasteiger partial charge in [-0.3, -0.25) is 9.36 Å². The Bertz CT molecular complexity index is 1250. The van der Waals surface area contributed by atoms with E-state index in [2.05, 4.69) is 19.2 Å². The van der Waals surface area contributed by atoms with Crippen LogP contribution in [0.25, 0.3) is 11.1 Å². The SMILES string of the molecule is CC(C)CC(C(=O)NCC#N)c1cccc(-c2cccc(Oc3ccn(C(=O)OC(C)(C)C)c3)c2)c1. The van der Waals surface area contributed by atoms with Crippen LogP contribution in [0.1, 0.15) is 52.5 Å². The molecule has 3 aromatic rings. The number of benzene rings is 2. The van der Waals surface area contributed by atoms with Crippen molar-refractivity contribution >= 4 is 12.0 Å². The highest BCUT2D eigenvalue weighted by Crippen LogP contribution is 2.31. The van der Waals surface area contributed by atoms with Gasteiger partial charge in [0.2, 0.25) is 5.91 Å². The van der Waals surface area contributed by atoms with Crippen LogP contribution in [0.5, 0.6) is 11.5 Å². The molecule has 1 atom stereocenters. The molecule has 0 bridgehead atoms. The fourth-order valence-electron chi connectivity index (χ4n) is 3.79. The summed E-state index contributed by atoms with van der Waals surface area (Å²) in [6.07, 6.45) is 3.39. The molecule has 0 aliphatic carbocycles. The summed E-state index contributed by atoms with van der Waals surface area (Å²) in [4.78, 5) is 25.0. The minimum atomic E-state index is -0.587. The smallest absolute Gasteiger partial charge is 0.418 e. The van der Waals surface area contributed by atoms with Gasteiger partial charge in [0.15, 0.2) is 0 Å². The summed E-state index contributed by atoms with van der Waals surface area (Å²) in [5.74, 6) is 0.957. The van der Waals surface area contributed by atoms with Gasteiger partial charge in [0.1, 0.15) is 23.6 Å². The lowest BCUT2D eigenvalue weighted by molar-refractivity contribution is -0.122. The van der Waals surface area contributed by atoms with Crippen molar-refractivity contribution in [3.05, 3.63) is 72.6 Å². The van der Waals surface area contributed by atoms with Crippen LogP contribution in [0.4, 0.5) is 4.79 Å². The number of nitrogens with zero attached hydrogens (tertiary/aromatic N) is 2. The Morgan fingerprint density at radius 2 is 1.72 bits per heavy atom. The Balaban J connectivity index is 1.80. The third kappa shape index (κ3) is 7.47. The van der Waals surface area contributed by atoms with Crippen LogP contribution in [0, 0.1) is 17.2 Å². The van der Waals surface area contributed by atoms with Gasteiger partial charge >= 0.3 is 6.09 Å². The summed E-state index contributed by atoms with van der Waals surface area (Å²) >= 11 is 0. The van der Waals surface area contributed by atoms with Crippen molar-refractivity contribution in [3.63, 3.8) is 0 Å². The van der Waals surface area contributed by atoms with E-state index >= 15 is 0 Å². The standard InChI is InChI=1S/C29H33N3O4/c1-20(2)16-26(27(33)31-14-13-30)23-10-6-8-21(17-23)22-9-7-11-24(18-22)35-25-12-15-32(19-25)28(34)36-29(3,4)5/h6-12,15,17-20,26H,14,16H2,1-5H3,(H,31,33). The van der Waals surface area contributed by atoms with Gasteiger partial charge in [-0.1, -0.05) is 50.2 Å². The normalized spacial score (nSPS) is 12.0. The van der Waals surface area contributed by atoms with E-state index in [0.29, 0.717) is 23.8 Å². The van der Waals surface area contributed by atoms with Crippen LogP contribution in [-0.2, 0) is 9.53 Å². The number of hydrogen-bond donors (Lipinski definition) is 1. The monoisotopic (exact) mass is 487 g/mol. The molecular weight excluding hydrogens is 454 g/mol. The van der Waals surface area contributed by atoms with Crippen molar-refractivity contribution in [3.8, 4) is 28.7 Å². The zero-order valence-electron chi connectivity index (χ0n) is 21.4. The first-order valence-electron chi connectivity index (χ1n) is 12.0. The minimum Gasteiger partial charge on any atom is -0.456 e. The maximum atomic E-state index is 12.8. The highest BCUT2D eigenvalue weighted by Gasteiger charge is 2.22. The first-order chi connectivity index (χ1) is 17.1. The van der Waals surface area contributed by atoms with Crippen molar-refractivity contribution in [2.45, 2.75) is 52.6 Å². The summed E-state index contributed by atoms with van der Waals surface area (Å²) < 4.78 is 12.7. The highest BCUT2D eigenvalue weighted by atomic mass is 16.6. The Labute approximate surface area is 212 Å². The summed E-state index contributed by atoms with van der Waals surface area (Å²) in [5, 5.41) is 11.5. The molecule has 0 aliphatic rings. The van der Waals surface area contributed by atoms with E-state index in [4.69, 9.17) is 14.7 Å². The molecule has 3 rings (SSSR count). The maximum absolute atomic E-state index is 12.8. The summed E-state index contributed by atoms with van der Waals surface area (Å²) in [6.45, 7) is 9.58. The number of rotatable bonds is 8. The second kappa shape index (κ2) is 11.6. The number of carbonyl (C=O) groups excluding carboxylic acids is 2. The number of aromatic nitrogens is 1. The van der Waals surface area contributed by atoms with E-state index in [1.807, 2.05) is 75.4 Å². The molecule has 7 heteroatoms. The highest BCUT2D eigenvalue weighted by molar-refractivity contribution is 5.84. The lowest BCUT2D eigenvalue weighted by Crippen LogP contribution is -2.30. The molecule has 1 unspecified atom stereocenters. The molecule has 7 nitrogen and oxygen atoms in total. The van der Waals surface area contributed by atoms with Crippen LogP contribution in [0.3, 0.4) is 0 Å². The largest absolute Gasteiger partial charge is 0.456 e. The van der Waals surface area contributed by atoms with Crippen LogP contribution in [-0.4, -0.2) is 28.7 Å². The molecule has 188 valence electrons. The molecule has 1 aromatic heterocycles. The average Bonchev–Trinajstić information content (AvgIpc) is 3.29. The molecule has 0 saturated heterocycles. The van der Waals surface area contributed by atoms with Crippen LogP contribution < -0.4 is 10.1 Å². The Morgan fingerprint density at radius 1 is 1.03 bits per heavy atom. The number of amides is 1. The summed E-state index contributed by atoms with van der Waals surface area (Å²) in [7, 11) is 0. The van der Waals surface area contributed by atoms with Gasteiger partial charge in [-0.25, -0.2) is 4.79 Å². The van der Waals surface area contributed by atoms with Gasteiger partial charge in [-0.15, -0.1) is 0 Å². The number of carbonyl (C=O) groups is 2. The first-order valence-corrected chi connectivity index (χ1v) is 12.0. The number of nitrogens with one attached hydrogen (secondary N) is 1. The third-order valence-electron chi connectivity index (χ3n) is 5.33. The molecule has 1 N–H and O–H groups in total. The van der Waals surface area contributed by atoms with Gasteiger partial charge in [-0.2, -0.15) is 5.26 Å². The molecule has 1 amide bonds. The van der Waals surface area contributed by atoms with Crippen molar-refractivity contribution in [2.24, 2.45) is 5.92 Å². The average molecular weight is 488 g/mol. The van der Waals surface area contributed by atoms with Gasteiger partial charge in [0, 0.05) is 6.20 Å². The first kappa shape index (κ1) is 26.6. The summed E-state index contributed by atoms with van der Waals surface area (Å²) in [5.41, 5.74) is 2.20. The van der Waals surface area contributed by atoms with Crippen LogP contribution in [0.2, 0.25) is 0 Å². The molecule has 36 heavy (non-hydrogen) atoms. The number of ether oxygens (including phenoxy) is 2. The molecule has 0 spiro atoms. The molecule has 0 radical (unpaired) electrons. The van der Waals surface area contributed by atoms with E-state index < -0.39 is 11.7 Å². The van der Waals surface area contributed by atoms with E-state index in [9.17, 15) is 9.59 Å². The predicted octanol–water partition coefficient (Wildman–Crippen LogP) is 6.50. The fourth-order valence-corrected chi connectivity index (χ4v) is 3.79. The fraction of sp³-hybridized carbons (Fsp3) is 0.345. The minimum absolute atomic E-state index is 0.0117. The maximum Gasteiger partial charge on any atom is 0.418 e. The van der Waals surface area contributed by atoms with Gasteiger partial charge in [0.25, 0.3) is 0 Å². The van der Waals surface area contributed by atoms with Crippen molar-refractivity contribution in [2.75, 3.05) is 6.54 Å². The molecular formula is C29H33N3O4. The van der Waals surface area contributed by atoms with E-state index in [0.717, 1.165) is 16.7 Å². The Morgan fingerprint density at radius 3 is 2.39 bits per heavy atom. The van der Waals surface area contributed by atoms with Crippen molar-refractivity contribution in [1.29, 1.82) is 5.26 Å². The van der Waals surface area contributed by atoms with Crippen molar-refractivity contribution < 1.29 is 19.1 Å². The molecule has 0 saturated carbocycles. The van der Waals surface area contributed by atoms with E-state index in [1.165, 1.54) is 4.57 Å². The Kier molecular flexibility index (Phi) is 8.55. The predicted molar refractivity (Wildman–Crippen MR) is 139 cm³/mol. The van der Waals surface area contributed by atoms with Gasteiger partial charge in [0.05, 0.1) is 18.2 Å². The van der Waals surface area contributed by atoms with E-state index in [1.54, 1.807) is 18.5 Å². The third-order valence-corrected chi connectivity index (χ3v) is 5.33. The van der Waals surface area contributed by atoms with Crippen LogP contribution >= 0.6 is 0 Å². The zero-order chi connectivity index (χ0) is 26.3. The van der Waals surface area contributed by atoms with Gasteiger partial charge < -0.3 is 14.8 Å². The van der Waals surface area contributed by atoms with Crippen LogP contribution in [0.15, 0.2) is 67.0 Å². The quantitative estimate of drug-likeness (QED) is 0.366. The molecule has 2 aromatic carbocycles. The number of hydrogen-bond acceptors (Lipinski definition) is 5. The Hall–Kier alpha value is -4.05. The second-order valence-corrected chi connectivity index (χ2v) is 10.0. The number of nitriles is 1. The van der Waals surface area contributed by atoms with E-state index in [-0.39, 0.29) is 18.4 Å². The second-order valence-electron chi connectivity index (χ2n) is 10.0. The summed E-state index contributed by atoms with van der Waals surface area (Å²) in [6, 6.07) is 19.2.